The topological polar surface area (TPSA) is 125 Å². The first-order valence-corrected chi connectivity index (χ1v) is 16.3. The Bertz CT molecular complexity index is 1000. The van der Waals surface area contributed by atoms with E-state index in [0.717, 1.165) is 56.9 Å². The van der Waals surface area contributed by atoms with Crippen LogP contribution in [0.25, 0.3) is 0 Å². The van der Waals surface area contributed by atoms with E-state index in [0.29, 0.717) is 31.6 Å². The third kappa shape index (κ3) is 10.8. The SMILES string of the molecule is CCCC(=O)C(O)[C@H](CC1CCCCC1)NC(=O)[C@H](CC(C)C)NC(=O)[C@H](Cc1ccccc1)NC(=O)C1CCCC1. The van der Waals surface area contributed by atoms with Crippen LogP contribution >= 0.6 is 0 Å². The van der Waals surface area contributed by atoms with Gasteiger partial charge in [-0.15, -0.1) is 0 Å². The molecule has 2 saturated carbocycles. The fraction of sp³-hybridized carbons (Fsp3) is 0.706. The number of Topliss-reactive ketones (excluding diaryl/α,β-unsaturated/α-hetero) is 1. The first-order valence-electron chi connectivity index (χ1n) is 16.3. The van der Waals surface area contributed by atoms with Crippen molar-refractivity contribution in [2.75, 3.05) is 0 Å². The van der Waals surface area contributed by atoms with Gasteiger partial charge in [0.2, 0.25) is 17.7 Å². The molecule has 1 aromatic rings. The van der Waals surface area contributed by atoms with Crippen LogP contribution < -0.4 is 16.0 Å². The molecule has 2 aliphatic carbocycles. The number of benzene rings is 1. The number of hydrogen-bond acceptors (Lipinski definition) is 5. The molecule has 1 unspecified atom stereocenters. The van der Waals surface area contributed by atoms with Crippen molar-refractivity contribution in [3.05, 3.63) is 35.9 Å². The van der Waals surface area contributed by atoms with Crippen LogP contribution in [0.4, 0.5) is 0 Å². The van der Waals surface area contributed by atoms with Gasteiger partial charge < -0.3 is 21.1 Å². The minimum absolute atomic E-state index is 0.0893. The van der Waals surface area contributed by atoms with Gasteiger partial charge in [0, 0.05) is 18.8 Å². The van der Waals surface area contributed by atoms with Gasteiger partial charge >= 0.3 is 0 Å². The van der Waals surface area contributed by atoms with Crippen LogP contribution in [0.5, 0.6) is 0 Å². The molecule has 8 heteroatoms. The van der Waals surface area contributed by atoms with Gasteiger partial charge in [-0.3, -0.25) is 19.2 Å². The molecule has 2 fully saturated rings. The highest BCUT2D eigenvalue weighted by atomic mass is 16.3. The van der Waals surface area contributed by atoms with Crippen molar-refractivity contribution in [2.24, 2.45) is 17.8 Å². The molecule has 0 radical (unpaired) electrons. The Balaban J connectivity index is 1.76. The number of amides is 3. The van der Waals surface area contributed by atoms with Crippen molar-refractivity contribution < 1.29 is 24.3 Å². The van der Waals surface area contributed by atoms with Gasteiger partial charge in [0.25, 0.3) is 0 Å². The third-order valence-electron chi connectivity index (χ3n) is 8.83. The van der Waals surface area contributed by atoms with Crippen molar-refractivity contribution >= 4 is 23.5 Å². The highest BCUT2D eigenvalue weighted by Crippen LogP contribution is 2.28. The van der Waals surface area contributed by atoms with E-state index in [1.165, 1.54) is 6.42 Å². The molecule has 3 rings (SSSR count). The maximum Gasteiger partial charge on any atom is 0.243 e. The molecular formula is C34H53N3O5. The number of aliphatic hydroxyl groups is 1. The second-order valence-electron chi connectivity index (χ2n) is 12.9. The Labute approximate surface area is 252 Å². The maximum absolute atomic E-state index is 13.7. The van der Waals surface area contributed by atoms with Crippen LogP contribution in [-0.4, -0.2) is 52.8 Å². The van der Waals surface area contributed by atoms with Gasteiger partial charge in [-0.2, -0.15) is 0 Å². The number of nitrogens with one attached hydrogen (secondary N) is 3. The largest absolute Gasteiger partial charge is 0.383 e. The smallest absolute Gasteiger partial charge is 0.243 e. The zero-order chi connectivity index (χ0) is 30.5. The summed E-state index contributed by atoms with van der Waals surface area (Å²) < 4.78 is 0. The van der Waals surface area contributed by atoms with E-state index in [4.69, 9.17) is 0 Å². The Morgan fingerprint density at radius 2 is 1.45 bits per heavy atom. The molecule has 0 saturated heterocycles. The number of aliphatic hydroxyl groups excluding tert-OH is 1. The Kier molecular flexibility index (Phi) is 14.0. The lowest BCUT2D eigenvalue weighted by Crippen LogP contribution is -2.58. The molecular weight excluding hydrogens is 530 g/mol. The molecule has 4 N–H and O–H groups in total. The van der Waals surface area contributed by atoms with Crippen LogP contribution in [0.15, 0.2) is 30.3 Å². The minimum atomic E-state index is -1.28. The number of carbonyl (C=O) groups excluding carboxylic acids is 4. The fourth-order valence-electron chi connectivity index (χ4n) is 6.46. The maximum atomic E-state index is 13.7. The molecule has 0 heterocycles. The van der Waals surface area contributed by atoms with E-state index < -0.39 is 36.0 Å². The van der Waals surface area contributed by atoms with Crippen molar-refractivity contribution in [1.29, 1.82) is 0 Å². The first kappa shape index (κ1) is 33.8. The average Bonchev–Trinajstić information content (AvgIpc) is 3.52. The van der Waals surface area contributed by atoms with Crippen LogP contribution in [0, 0.1) is 17.8 Å². The fourth-order valence-corrected chi connectivity index (χ4v) is 6.46. The molecule has 0 spiro atoms. The van der Waals surface area contributed by atoms with E-state index in [9.17, 15) is 24.3 Å². The lowest BCUT2D eigenvalue weighted by molar-refractivity contribution is -0.135. The third-order valence-corrected chi connectivity index (χ3v) is 8.83. The predicted molar refractivity (Wildman–Crippen MR) is 164 cm³/mol. The van der Waals surface area contributed by atoms with Crippen molar-refractivity contribution in [2.45, 2.75) is 135 Å². The summed E-state index contributed by atoms with van der Waals surface area (Å²) in [5.74, 6) is -0.829. The Hall–Kier alpha value is -2.74. The monoisotopic (exact) mass is 583 g/mol. The van der Waals surface area contributed by atoms with Gasteiger partial charge in [-0.05, 0) is 49.5 Å². The van der Waals surface area contributed by atoms with Crippen LogP contribution in [-0.2, 0) is 25.6 Å². The van der Waals surface area contributed by atoms with Crippen molar-refractivity contribution in [3.8, 4) is 0 Å². The zero-order valence-electron chi connectivity index (χ0n) is 25.9. The summed E-state index contributed by atoms with van der Waals surface area (Å²) in [4.78, 5) is 53.2. The first-order chi connectivity index (χ1) is 20.2. The molecule has 0 bridgehead atoms. The summed E-state index contributed by atoms with van der Waals surface area (Å²) in [5, 5.41) is 19.9. The summed E-state index contributed by atoms with van der Waals surface area (Å²) in [6, 6.07) is 7.16. The van der Waals surface area contributed by atoms with E-state index >= 15 is 0 Å². The highest BCUT2D eigenvalue weighted by Gasteiger charge is 2.34. The van der Waals surface area contributed by atoms with Gasteiger partial charge in [0.1, 0.15) is 18.2 Å². The summed E-state index contributed by atoms with van der Waals surface area (Å²) >= 11 is 0. The Morgan fingerprint density at radius 1 is 0.833 bits per heavy atom. The minimum Gasteiger partial charge on any atom is -0.383 e. The molecule has 1 aromatic carbocycles. The normalized spacial score (nSPS) is 19.1. The zero-order valence-corrected chi connectivity index (χ0v) is 25.9. The number of hydrogen-bond donors (Lipinski definition) is 4. The van der Waals surface area contributed by atoms with Crippen LogP contribution in [0.1, 0.15) is 110 Å². The van der Waals surface area contributed by atoms with E-state index in [1.807, 2.05) is 51.1 Å². The molecule has 0 aliphatic heterocycles. The molecule has 0 aromatic heterocycles. The standard InChI is InChI=1S/C34H53N3O5/c1-4-13-30(38)31(39)27(21-24-14-7-5-8-15-24)35-33(41)28(20-23(2)3)37-34(42)29(22-25-16-9-6-10-17-25)36-32(40)26-18-11-12-19-26/h6,9-10,16-17,23-24,26-29,31,39H,4-5,7-8,11-15,18-22H2,1-3H3,(H,35,41)(H,36,40)(H,37,42)/t27-,28-,29-,31?/m0/s1. The van der Waals surface area contributed by atoms with Crippen LogP contribution in [0.2, 0.25) is 0 Å². The number of rotatable bonds is 16. The second kappa shape index (κ2) is 17.4. The molecule has 4 atom stereocenters. The quantitative estimate of drug-likeness (QED) is 0.226. The highest BCUT2D eigenvalue weighted by molar-refractivity contribution is 5.93. The molecule has 234 valence electrons. The van der Waals surface area contributed by atoms with Gasteiger partial charge in [0.05, 0.1) is 6.04 Å². The summed E-state index contributed by atoms with van der Waals surface area (Å²) in [7, 11) is 0. The summed E-state index contributed by atoms with van der Waals surface area (Å²) in [6.07, 6.45) is 10.00. The van der Waals surface area contributed by atoms with E-state index in [-0.39, 0.29) is 29.9 Å². The molecule has 3 amide bonds. The molecule has 8 nitrogen and oxygen atoms in total. The van der Waals surface area contributed by atoms with Crippen molar-refractivity contribution in [3.63, 3.8) is 0 Å². The number of carbonyl (C=O) groups is 4. The molecule has 42 heavy (non-hydrogen) atoms. The number of ketones is 1. The average molecular weight is 584 g/mol. The summed E-state index contributed by atoms with van der Waals surface area (Å²) in [5.41, 5.74) is 0.916. The van der Waals surface area contributed by atoms with Gasteiger partial charge in [0.15, 0.2) is 5.78 Å². The second-order valence-corrected chi connectivity index (χ2v) is 12.9. The van der Waals surface area contributed by atoms with E-state index in [2.05, 4.69) is 16.0 Å². The lowest BCUT2D eigenvalue weighted by Gasteiger charge is -2.31. The van der Waals surface area contributed by atoms with Crippen LogP contribution in [0.3, 0.4) is 0 Å². The Morgan fingerprint density at radius 3 is 2.07 bits per heavy atom. The van der Waals surface area contributed by atoms with Gasteiger partial charge in [-0.1, -0.05) is 96.0 Å². The van der Waals surface area contributed by atoms with Gasteiger partial charge in [-0.25, -0.2) is 0 Å². The summed E-state index contributed by atoms with van der Waals surface area (Å²) in [6.45, 7) is 5.86. The van der Waals surface area contributed by atoms with E-state index in [1.54, 1.807) is 0 Å². The van der Waals surface area contributed by atoms with Crippen molar-refractivity contribution in [1.82, 2.24) is 16.0 Å². The molecule has 2 aliphatic rings. The lowest BCUT2D eigenvalue weighted by atomic mass is 9.83. The predicted octanol–water partition coefficient (Wildman–Crippen LogP) is 4.62.